The summed E-state index contributed by atoms with van der Waals surface area (Å²) in [7, 11) is 1.86. The average Bonchev–Trinajstić information content (AvgIpc) is 3.06. The first kappa shape index (κ1) is 15.9. The van der Waals surface area contributed by atoms with Crippen molar-refractivity contribution < 1.29 is 9.21 Å². The van der Waals surface area contributed by atoms with Crippen LogP contribution in [0.15, 0.2) is 34.7 Å². The van der Waals surface area contributed by atoms with Crippen molar-refractivity contribution in [3.05, 3.63) is 41.1 Å². The number of furan rings is 1. The maximum absolute atomic E-state index is 12.6. The largest absolute Gasteiger partial charge is 0.451 e. The molecule has 0 radical (unpaired) electrons. The van der Waals surface area contributed by atoms with Crippen molar-refractivity contribution in [1.82, 2.24) is 4.90 Å². The number of halogens is 1. The van der Waals surface area contributed by atoms with Crippen molar-refractivity contribution in [2.75, 3.05) is 12.8 Å². The number of nitrogen functional groups attached to an aromatic ring is 1. The van der Waals surface area contributed by atoms with E-state index >= 15 is 0 Å². The molecular formula is C18H21ClN2O2. The first-order valence-corrected chi connectivity index (χ1v) is 8.36. The number of anilines is 1. The maximum atomic E-state index is 12.6. The van der Waals surface area contributed by atoms with Crippen LogP contribution < -0.4 is 5.73 Å². The van der Waals surface area contributed by atoms with Crippen LogP contribution in [0.25, 0.3) is 11.3 Å². The summed E-state index contributed by atoms with van der Waals surface area (Å²) < 4.78 is 5.75. The van der Waals surface area contributed by atoms with E-state index in [-0.39, 0.29) is 5.91 Å². The molecule has 4 nitrogen and oxygen atoms in total. The second kappa shape index (κ2) is 6.67. The molecule has 3 rings (SSSR count). The van der Waals surface area contributed by atoms with E-state index < -0.39 is 0 Å². The summed E-state index contributed by atoms with van der Waals surface area (Å²) in [5.41, 5.74) is 7.11. The molecule has 1 aliphatic carbocycles. The number of nitrogens with zero attached hydrogens (tertiary/aromatic N) is 1. The number of amides is 1. The summed E-state index contributed by atoms with van der Waals surface area (Å²) >= 11 is 6.19. The number of hydrogen-bond acceptors (Lipinski definition) is 3. The van der Waals surface area contributed by atoms with E-state index in [1.54, 1.807) is 30.3 Å². The molecule has 0 spiro atoms. The smallest absolute Gasteiger partial charge is 0.289 e. The molecule has 2 aromatic rings. The number of carbonyl (C=O) groups excluding carboxylic acids is 1. The van der Waals surface area contributed by atoms with Gasteiger partial charge in [-0.05, 0) is 43.2 Å². The molecule has 1 heterocycles. The van der Waals surface area contributed by atoms with Crippen LogP contribution in [0.2, 0.25) is 5.02 Å². The van der Waals surface area contributed by atoms with Gasteiger partial charge in [0.1, 0.15) is 5.76 Å². The Morgan fingerprint density at radius 3 is 2.70 bits per heavy atom. The van der Waals surface area contributed by atoms with Crippen LogP contribution in [0.3, 0.4) is 0 Å². The Kier molecular flexibility index (Phi) is 4.62. The molecule has 0 aliphatic heterocycles. The Hall–Kier alpha value is -1.94. The normalized spacial score (nSPS) is 15.6. The maximum Gasteiger partial charge on any atom is 0.289 e. The van der Waals surface area contributed by atoms with E-state index in [2.05, 4.69) is 0 Å². The molecule has 0 bridgehead atoms. The molecule has 1 aliphatic rings. The average molecular weight is 333 g/mol. The second-order valence-corrected chi connectivity index (χ2v) is 6.52. The van der Waals surface area contributed by atoms with Gasteiger partial charge < -0.3 is 15.1 Å². The van der Waals surface area contributed by atoms with Crippen molar-refractivity contribution in [3.63, 3.8) is 0 Å². The minimum atomic E-state index is -0.0804. The number of rotatable bonds is 3. The molecule has 1 aromatic heterocycles. The SMILES string of the molecule is CN(C(=O)c1ccc(-c2cc(N)ccc2Cl)o1)C1CCCCC1. The summed E-state index contributed by atoms with van der Waals surface area (Å²) in [5.74, 6) is 0.817. The molecule has 1 fully saturated rings. The minimum absolute atomic E-state index is 0.0804. The second-order valence-electron chi connectivity index (χ2n) is 6.11. The highest BCUT2D eigenvalue weighted by Crippen LogP contribution is 2.32. The van der Waals surface area contributed by atoms with E-state index in [9.17, 15) is 4.79 Å². The van der Waals surface area contributed by atoms with Crippen LogP contribution in [0.4, 0.5) is 5.69 Å². The van der Waals surface area contributed by atoms with Gasteiger partial charge in [-0.3, -0.25) is 4.79 Å². The lowest BCUT2D eigenvalue weighted by Crippen LogP contribution is -2.38. The monoisotopic (exact) mass is 332 g/mol. The van der Waals surface area contributed by atoms with E-state index in [0.717, 1.165) is 12.8 Å². The Morgan fingerprint density at radius 2 is 1.96 bits per heavy atom. The Bertz CT molecular complexity index is 705. The first-order valence-electron chi connectivity index (χ1n) is 7.98. The third kappa shape index (κ3) is 3.37. The van der Waals surface area contributed by atoms with E-state index in [0.29, 0.717) is 33.8 Å². The summed E-state index contributed by atoms with van der Waals surface area (Å²) in [6, 6.07) is 8.99. The van der Waals surface area contributed by atoms with Gasteiger partial charge in [-0.15, -0.1) is 0 Å². The quantitative estimate of drug-likeness (QED) is 0.836. The van der Waals surface area contributed by atoms with Gasteiger partial charge in [-0.2, -0.15) is 0 Å². The summed E-state index contributed by atoms with van der Waals surface area (Å²) in [6.45, 7) is 0. The molecule has 5 heteroatoms. The van der Waals surface area contributed by atoms with Crippen molar-refractivity contribution >= 4 is 23.2 Å². The molecular weight excluding hydrogens is 312 g/mol. The van der Waals surface area contributed by atoms with Gasteiger partial charge in [0, 0.05) is 24.3 Å². The third-order valence-corrected chi connectivity index (χ3v) is 4.85. The Balaban J connectivity index is 1.80. The van der Waals surface area contributed by atoms with Crippen molar-refractivity contribution in [2.24, 2.45) is 0 Å². The summed E-state index contributed by atoms with van der Waals surface area (Å²) in [5, 5.41) is 0.549. The molecule has 0 atom stereocenters. The number of hydrogen-bond donors (Lipinski definition) is 1. The zero-order valence-corrected chi connectivity index (χ0v) is 14.0. The van der Waals surface area contributed by atoms with E-state index in [1.165, 1.54) is 19.3 Å². The lowest BCUT2D eigenvalue weighted by atomic mass is 9.94. The molecule has 1 aromatic carbocycles. The number of carbonyl (C=O) groups is 1. The Morgan fingerprint density at radius 1 is 1.22 bits per heavy atom. The van der Waals surface area contributed by atoms with Gasteiger partial charge >= 0.3 is 0 Å². The van der Waals surface area contributed by atoms with Crippen molar-refractivity contribution in [1.29, 1.82) is 0 Å². The molecule has 0 saturated heterocycles. The van der Waals surface area contributed by atoms with Gasteiger partial charge in [0.15, 0.2) is 5.76 Å². The highest BCUT2D eigenvalue weighted by atomic mass is 35.5. The fourth-order valence-electron chi connectivity index (χ4n) is 3.14. The highest BCUT2D eigenvalue weighted by Gasteiger charge is 2.25. The topological polar surface area (TPSA) is 59.5 Å². The number of benzene rings is 1. The van der Waals surface area contributed by atoms with Crippen LogP contribution in [0.5, 0.6) is 0 Å². The predicted octanol–water partition coefficient (Wildman–Crippen LogP) is 4.59. The lowest BCUT2D eigenvalue weighted by Gasteiger charge is -2.30. The van der Waals surface area contributed by atoms with Gasteiger partial charge in [0.2, 0.25) is 0 Å². The van der Waals surface area contributed by atoms with Gasteiger partial charge in [-0.1, -0.05) is 30.9 Å². The predicted molar refractivity (Wildman–Crippen MR) is 92.5 cm³/mol. The number of nitrogens with two attached hydrogens (primary N) is 1. The summed E-state index contributed by atoms with van der Waals surface area (Å²) in [4.78, 5) is 14.4. The van der Waals surface area contributed by atoms with Crippen molar-refractivity contribution in [3.8, 4) is 11.3 Å². The molecule has 1 saturated carbocycles. The Labute approximate surface area is 141 Å². The van der Waals surface area contributed by atoms with Crippen molar-refractivity contribution in [2.45, 2.75) is 38.1 Å². The third-order valence-electron chi connectivity index (χ3n) is 4.52. The molecule has 0 unspecified atom stereocenters. The van der Waals surface area contributed by atoms with E-state index in [4.69, 9.17) is 21.8 Å². The van der Waals surface area contributed by atoms with Crippen LogP contribution in [0.1, 0.15) is 42.7 Å². The standard InChI is InChI=1S/C18H21ClN2O2/c1-21(13-5-3-2-4-6-13)18(22)17-10-9-16(23-17)14-11-12(20)7-8-15(14)19/h7-11,13H,2-6,20H2,1H3. The zero-order chi connectivity index (χ0) is 16.4. The van der Waals surface area contributed by atoms with Gasteiger partial charge in [-0.25, -0.2) is 0 Å². The minimum Gasteiger partial charge on any atom is -0.451 e. The highest BCUT2D eigenvalue weighted by molar-refractivity contribution is 6.33. The van der Waals surface area contributed by atoms with Gasteiger partial charge in [0.05, 0.1) is 5.02 Å². The van der Waals surface area contributed by atoms with Crippen LogP contribution >= 0.6 is 11.6 Å². The van der Waals surface area contributed by atoms with Crippen LogP contribution in [0, 0.1) is 0 Å². The zero-order valence-electron chi connectivity index (χ0n) is 13.2. The first-order chi connectivity index (χ1) is 11.1. The summed E-state index contributed by atoms with van der Waals surface area (Å²) in [6.07, 6.45) is 5.76. The fraction of sp³-hybridized carbons (Fsp3) is 0.389. The van der Waals surface area contributed by atoms with Crippen LogP contribution in [-0.2, 0) is 0 Å². The molecule has 122 valence electrons. The lowest BCUT2D eigenvalue weighted by molar-refractivity contribution is 0.0665. The van der Waals surface area contributed by atoms with Gasteiger partial charge in [0.25, 0.3) is 5.91 Å². The molecule has 1 amide bonds. The molecule has 2 N–H and O–H groups in total. The molecule has 23 heavy (non-hydrogen) atoms. The van der Waals surface area contributed by atoms with Crippen LogP contribution in [-0.4, -0.2) is 23.9 Å². The van der Waals surface area contributed by atoms with E-state index in [1.807, 2.05) is 11.9 Å². The fourth-order valence-corrected chi connectivity index (χ4v) is 3.35.